The van der Waals surface area contributed by atoms with Crippen molar-refractivity contribution in [3.8, 4) is 0 Å². The van der Waals surface area contributed by atoms with Gasteiger partial charge in [0.15, 0.2) is 19.4 Å². The van der Waals surface area contributed by atoms with Crippen LogP contribution in [0.3, 0.4) is 0 Å². The Bertz CT molecular complexity index is 837. The lowest BCUT2D eigenvalue weighted by Crippen LogP contribution is -2.67. The summed E-state index contributed by atoms with van der Waals surface area (Å²) in [7, 11) is 0. The maximum absolute atomic E-state index is 12.0. The highest BCUT2D eigenvalue weighted by Crippen LogP contribution is 2.72. The predicted molar refractivity (Wildman–Crippen MR) is 107 cm³/mol. The minimum atomic E-state index is -0.886. The second kappa shape index (κ2) is 6.04. The average Bonchev–Trinajstić information content (AvgIpc) is 3.38. The van der Waals surface area contributed by atoms with Gasteiger partial charge in [0.25, 0.3) is 0 Å². The molecule has 0 aromatic heterocycles. The summed E-state index contributed by atoms with van der Waals surface area (Å²) < 4.78 is 24.3. The molecule has 1 unspecified atom stereocenters. The van der Waals surface area contributed by atoms with Crippen molar-refractivity contribution in [2.24, 2.45) is 34.5 Å². The van der Waals surface area contributed by atoms with Crippen molar-refractivity contribution < 1.29 is 28.8 Å². The standard InChI is InChI=1S/C24H32O6/c1-14-8-18-17-5-4-15-9-16(25)6-7-21(15,2)20(17)19(26)10-22(18,3)24(14)23(29-13-30-24)11-27-12-28-23/h6-7,9,14,17-20,26H,4-5,8,10-13H2,1-3H3/t14-,17+,18+,19+,20-,21+,22+,23?,24-/m1/s1. The molecule has 6 aliphatic rings. The van der Waals surface area contributed by atoms with Gasteiger partial charge in [0.1, 0.15) is 12.2 Å². The Kier molecular flexibility index (Phi) is 3.95. The van der Waals surface area contributed by atoms with Gasteiger partial charge in [-0.25, -0.2) is 0 Å². The van der Waals surface area contributed by atoms with E-state index in [1.165, 1.54) is 5.57 Å². The van der Waals surface area contributed by atoms with Gasteiger partial charge < -0.3 is 24.1 Å². The SMILES string of the molecule is C[C@@H]1C[C@H]2[C@@H]3CCC4=CC(=O)C=C[C@]4(C)[C@H]3[C@@H](O)C[C@]2(C)[C@]12OCOC21COCO1. The molecule has 0 amide bonds. The van der Waals surface area contributed by atoms with E-state index in [-0.39, 0.29) is 42.0 Å². The molecule has 0 radical (unpaired) electrons. The van der Waals surface area contributed by atoms with Crippen molar-refractivity contribution >= 4 is 5.78 Å². The summed E-state index contributed by atoms with van der Waals surface area (Å²) in [4.78, 5) is 12.0. The molecule has 3 saturated carbocycles. The number of carbonyl (C=O) groups excluding carboxylic acids is 1. The maximum atomic E-state index is 12.0. The van der Waals surface area contributed by atoms with Crippen molar-refractivity contribution in [1.29, 1.82) is 0 Å². The smallest absolute Gasteiger partial charge is 0.227 e. The lowest BCUT2D eigenvalue weighted by Gasteiger charge is -2.61. The lowest BCUT2D eigenvalue weighted by molar-refractivity contribution is -0.266. The molecule has 0 aromatic rings. The summed E-state index contributed by atoms with van der Waals surface area (Å²) in [6.07, 6.45) is 8.66. The van der Waals surface area contributed by atoms with Crippen LogP contribution < -0.4 is 0 Å². The highest BCUT2D eigenvalue weighted by Gasteiger charge is 2.79. The number of aliphatic hydroxyl groups is 1. The molecular weight excluding hydrogens is 384 g/mol. The third-order valence-corrected chi connectivity index (χ3v) is 9.85. The Hall–Kier alpha value is -1.05. The Morgan fingerprint density at radius 2 is 1.97 bits per heavy atom. The number of ketones is 1. The van der Waals surface area contributed by atoms with Gasteiger partial charge in [0.2, 0.25) is 5.79 Å². The summed E-state index contributed by atoms with van der Waals surface area (Å²) in [6, 6.07) is 0. The van der Waals surface area contributed by atoms with E-state index in [4.69, 9.17) is 18.9 Å². The number of carbonyl (C=O) groups is 1. The van der Waals surface area contributed by atoms with Crippen molar-refractivity contribution in [3.63, 3.8) is 0 Å². The molecule has 6 nitrogen and oxygen atoms in total. The number of ether oxygens (including phenoxy) is 4. The van der Waals surface area contributed by atoms with Crippen LogP contribution in [0, 0.1) is 34.5 Å². The summed E-state index contributed by atoms with van der Waals surface area (Å²) in [5, 5.41) is 11.6. The van der Waals surface area contributed by atoms with Crippen LogP contribution in [-0.4, -0.2) is 48.6 Å². The number of allylic oxidation sites excluding steroid dienone is 4. The molecular formula is C24H32O6. The second-order valence-corrected chi connectivity index (χ2v) is 10.9. The first-order valence-electron chi connectivity index (χ1n) is 11.4. The molecule has 2 spiro atoms. The predicted octanol–water partition coefficient (Wildman–Crippen LogP) is 2.95. The molecule has 6 heteroatoms. The monoisotopic (exact) mass is 416 g/mol. The summed E-state index contributed by atoms with van der Waals surface area (Å²) >= 11 is 0. The van der Waals surface area contributed by atoms with E-state index < -0.39 is 17.5 Å². The minimum absolute atomic E-state index is 0.0707. The van der Waals surface area contributed by atoms with Crippen molar-refractivity contribution in [3.05, 3.63) is 23.8 Å². The fourth-order valence-corrected chi connectivity index (χ4v) is 8.85. The molecule has 1 N–H and O–H groups in total. The van der Waals surface area contributed by atoms with Gasteiger partial charge in [-0.15, -0.1) is 0 Å². The van der Waals surface area contributed by atoms with Crippen LogP contribution in [0.5, 0.6) is 0 Å². The van der Waals surface area contributed by atoms with Crippen molar-refractivity contribution in [2.45, 2.75) is 63.9 Å². The number of fused-ring (bicyclic) bond motifs is 7. The Labute approximate surface area is 177 Å². The van der Waals surface area contributed by atoms with Gasteiger partial charge in [-0.1, -0.05) is 32.4 Å². The molecule has 164 valence electrons. The molecule has 2 aliphatic heterocycles. The lowest BCUT2D eigenvalue weighted by atomic mass is 9.46. The van der Waals surface area contributed by atoms with Crippen LogP contribution in [0.1, 0.15) is 46.5 Å². The summed E-state index contributed by atoms with van der Waals surface area (Å²) in [5.74, 6) is 0.291. The molecule has 30 heavy (non-hydrogen) atoms. The number of rotatable bonds is 0. The van der Waals surface area contributed by atoms with Crippen LogP contribution >= 0.6 is 0 Å². The van der Waals surface area contributed by atoms with Gasteiger partial charge in [-0.2, -0.15) is 0 Å². The van der Waals surface area contributed by atoms with Gasteiger partial charge >= 0.3 is 0 Å². The molecule has 0 aromatic carbocycles. The first kappa shape index (κ1) is 19.6. The average molecular weight is 417 g/mol. The largest absolute Gasteiger partial charge is 0.393 e. The first-order chi connectivity index (χ1) is 14.3. The van der Waals surface area contributed by atoms with E-state index in [1.807, 2.05) is 6.08 Å². The zero-order chi connectivity index (χ0) is 20.9. The maximum Gasteiger partial charge on any atom is 0.227 e. The minimum Gasteiger partial charge on any atom is -0.393 e. The third-order valence-electron chi connectivity index (χ3n) is 9.85. The van der Waals surface area contributed by atoms with E-state index in [0.717, 1.165) is 19.3 Å². The van der Waals surface area contributed by atoms with Gasteiger partial charge in [-0.05, 0) is 55.6 Å². The van der Waals surface area contributed by atoms with Crippen LogP contribution in [-0.2, 0) is 23.7 Å². The molecule has 6 rings (SSSR count). The van der Waals surface area contributed by atoms with Crippen LogP contribution in [0.2, 0.25) is 0 Å². The highest BCUT2D eigenvalue weighted by molar-refractivity contribution is 6.01. The van der Waals surface area contributed by atoms with Crippen LogP contribution in [0.4, 0.5) is 0 Å². The van der Waals surface area contributed by atoms with Crippen LogP contribution in [0.25, 0.3) is 0 Å². The fourth-order valence-electron chi connectivity index (χ4n) is 8.85. The zero-order valence-corrected chi connectivity index (χ0v) is 18.1. The van der Waals surface area contributed by atoms with Crippen molar-refractivity contribution in [1.82, 2.24) is 0 Å². The molecule has 9 atom stereocenters. The number of hydrogen-bond donors (Lipinski definition) is 1. The molecule has 0 bridgehead atoms. The van der Waals surface area contributed by atoms with E-state index in [9.17, 15) is 9.90 Å². The Morgan fingerprint density at radius 3 is 2.73 bits per heavy atom. The van der Waals surface area contributed by atoms with Crippen molar-refractivity contribution in [2.75, 3.05) is 20.2 Å². The van der Waals surface area contributed by atoms with E-state index in [2.05, 4.69) is 26.8 Å². The molecule has 5 fully saturated rings. The van der Waals surface area contributed by atoms with Gasteiger partial charge in [0, 0.05) is 16.7 Å². The topological polar surface area (TPSA) is 74.2 Å². The second-order valence-electron chi connectivity index (χ2n) is 10.9. The van der Waals surface area contributed by atoms with E-state index in [0.29, 0.717) is 24.9 Å². The third kappa shape index (κ3) is 2.06. The number of aliphatic hydroxyl groups excluding tert-OH is 1. The fraction of sp³-hybridized carbons (Fsp3) is 0.792. The quantitative estimate of drug-likeness (QED) is 0.655. The van der Waals surface area contributed by atoms with E-state index >= 15 is 0 Å². The molecule has 2 saturated heterocycles. The summed E-state index contributed by atoms with van der Waals surface area (Å²) in [6.45, 7) is 7.54. The Morgan fingerprint density at radius 1 is 1.17 bits per heavy atom. The van der Waals surface area contributed by atoms with Gasteiger partial charge in [-0.3, -0.25) is 4.79 Å². The van der Waals surface area contributed by atoms with Gasteiger partial charge in [0.05, 0.1) is 6.10 Å². The summed E-state index contributed by atoms with van der Waals surface area (Å²) in [5.41, 5.74) is 0.0313. The Balaban J connectivity index is 1.44. The van der Waals surface area contributed by atoms with Crippen LogP contribution in [0.15, 0.2) is 23.8 Å². The molecule has 4 aliphatic carbocycles. The number of hydrogen-bond acceptors (Lipinski definition) is 6. The highest BCUT2D eigenvalue weighted by atomic mass is 16.9. The normalized spacial score (nSPS) is 56.9. The first-order valence-corrected chi connectivity index (χ1v) is 11.4. The molecule has 2 heterocycles. The zero-order valence-electron chi connectivity index (χ0n) is 18.1. The van der Waals surface area contributed by atoms with E-state index in [1.54, 1.807) is 6.08 Å².